The summed E-state index contributed by atoms with van der Waals surface area (Å²) in [6, 6.07) is 5.35. The molecule has 0 aromatic carbocycles. The smallest absolute Gasteiger partial charge is 0.268 e. The summed E-state index contributed by atoms with van der Waals surface area (Å²) < 4.78 is 0. The van der Waals surface area contributed by atoms with E-state index < -0.39 is 0 Å². The summed E-state index contributed by atoms with van der Waals surface area (Å²) in [4.78, 5) is 27.5. The fourth-order valence-electron chi connectivity index (χ4n) is 1.82. The SMILES string of the molecule is C[C@@H](NC(=O)C1=NN(C)C(=O)CC1)c1ccccn1. The second-order valence-corrected chi connectivity index (χ2v) is 4.41. The largest absolute Gasteiger partial charge is 0.343 e. The molecule has 1 aromatic rings. The highest BCUT2D eigenvalue weighted by Crippen LogP contribution is 2.11. The lowest BCUT2D eigenvalue weighted by Crippen LogP contribution is -2.38. The number of pyridine rings is 1. The molecule has 0 aliphatic carbocycles. The number of hydrogen-bond donors (Lipinski definition) is 1. The van der Waals surface area contributed by atoms with Crippen LogP contribution in [0.3, 0.4) is 0 Å². The number of hydrogen-bond acceptors (Lipinski definition) is 4. The minimum absolute atomic E-state index is 0.0747. The van der Waals surface area contributed by atoms with Crippen LogP contribution in [0.1, 0.15) is 31.5 Å². The van der Waals surface area contributed by atoms with Crippen LogP contribution in [0.4, 0.5) is 0 Å². The van der Waals surface area contributed by atoms with E-state index in [-0.39, 0.29) is 17.9 Å². The number of carbonyl (C=O) groups excluding carboxylic acids is 2. The zero-order valence-electron chi connectivity index (χ0n) is 11.0. The monoisotopic (exact) mass is 260 g/mol. The van der Waals surface area contributed by atoms with Gasteiger partial charge in [-0.25, -0.2) is 5.01 Å². The third-order valence-electron chi connectivity index (χ3n) is 2.95. The number of rotatable bonds is 3. The van der Waals surface area contributed by atoms with Crippen molar-refractivity contribution in [2.24, 2.45) is 5.10 Å². The van der Waals surface area contributed by atoms with Crippen LogP contribution in [0.15, 0.2) is 29.5 Å². The van der Waals surface area contributed by atoms with Crippen LogP contribution in [-0.4, -0.2) is 34.6 Å². The Labute approximate surface area is 111 Å². The van der Waals surface area contributed by atoms with Gasteiger partial charge < -0.3 is 5.32 Å². The topological polar surface area (TPSA) is 74.7 Å². The molecular weight excluding hydrogens is 244 g/mol. The number of nitrogens with zero attached hydrogens (tertiary/aromatic N) is 3. The van der Waals surface area contributed by atoms with Gasteiger partial charge in [-0.1, -0.05) is 6.07 Å². The molecule has 1 aliphatic rings. The van der Waals surface area contributed by atoms with Crippen molar-refractivity contribution in [1.29, 1.82) is 0 Å². The zero-order chi connectivity index (χ0) is 13.8. The Morgan fingerprint density at radius 1 is 1.42 bits per heavy atom. The molecule has 100 valence electrons. The Morgan fingerprint density at radius 2 is 2.21 bits per heavy atom. The van der Waals surface area contributed by atoms with Gasteiger partial charge in [-0.3, -0.25) is 14.6 Å². The van der Waals surface area contributed by atoms with Crippen LogP contribution in [0.5, 0.6) is 0 Å². The van der Waals surface area contributed by atoms with Gasteiger partial charge in [0.25, 0.3) is 5.91 Å². The van der Waals surface area contributed by atoms with Crippen molar-refractivity contribution < 1.29 is 9.59 Å². The average Bonchev–Trinajstić information content (AvgIpc) is 2.42. The maximum Gasteiger partial charge on any atom is 0.268 e. The van der Waals surface area contributed by atoms with Crippen molar-refractivity contribution in [2.75, 3.05) is 7.05 Å². The first kappa shape index (κ1) is 13.2. The highest BCUT2D eigenvalue weighted by atomic mass is 16.2. The molecule has 19 heavy (non-hydrogen) atoms. The summed E-state index contributed by atoms with van der Waals surface area (Å²) in [5, 5.41) is 8.02. The molecule has 0 radical (unpaired) electrons. The molecule has 0 bridgehead atoms. The number of hydrazone groups is 1. The molecule has 1 aromatic heterocycles. The summed E-state index contributed by atoms with van der Waals surface area (Å²) in [7, 11) is 1.55. The molecule has 0 saturated heterocycles. The molecule has 1 atom stereocenters. The van der Waals surface area contributed by atoms with E-state index in [2.05, 4.69) is 15.4 Å². The van der Waals surface area contributed by atoms with Gasteiger partial charge in [-0.15, -0.1) is 0 Å². The van der Waals surface area contributed by atoms with Gasteiger partial charge in [0.05, 0.1) is 11.7 Å². The first-order chi connectivity index (χ1) is 9.08. The van der Waals surface area contributed by atoms with Crippen LogP contribution in [0.25, 0.3) is 0 Å². The van der Waals surface area contributed by atoms with Crippen LogP contribution < -0.4 is 5.32 Å². The normalized spacial score (nSPS) is 16.8. The maximum atomic E-state index is 12.0. The first-order valence-electron chi connectivity index (χ1n) is 6.13. The fourth-order valence-corrected chi connectivity index (χ4v) is 1.82. The second-order valence-electron chi connectivity index (χ2n) is 4.41. The standard InChI is InChI=1S/C13H16N4O2/c1-9(10-5-3-4-8-14-10)15-13(19)11-6-7-12(18)17(2)16-11/h3-5,8-9H,6-7H2,1-2H3,(H,15,19)/t9-/m1/s1. The van der Waals surface area contributed by atoms with Crippen molar-refractivity contribution in [2.45, 2.75) is 25.8 Å². The molecule has 6 heteroatoms. The second kappa shape index (κ2) is 5.60. The van der Waals surface area contributed by atoms with Crippen molar-refractivity contribution in [3.63, 3.8) is 0 Å². The summed E-state index contributed by atoms with van der Waals surface area (Å²) >= 11 is 0. The maximum absolute atomic E-state index is 12.0. The van der Waals surface area contributed by atoms with Crippen LogP contribution in [0.2, 0.25) is 0 Å². The Hall–Kier alpha value is -2.24. The van der Waals surface area contributed by atoms with E-state index in [9.17, 15) is 9.59 Å². The summed E-state index contributed by atoms with van der Waals surface area (Å²) in [5.41, 5.74) is 1.17. The molecule has 2 amide bonds. The number of amides is 2. The summed E-state index contributed by atoms with van der Waals surface area (Å²) in [6.45, 7) is 1.86. The van der Waals surface area contributed by atoms with Gasteiger partial charge in [0, 0.05) is 26.1 Å². The highest BCUT2D eigenvalue weighted by Gasteiger charge is 2.23. The lowest BCUT2D eigenvalue weighted by Gasteiger charge is -2.20. The van der Waals surface area contributed by atoms with E-state index in [1.165, 1.54) is 5.01 Å². The van der Waals surface area contributed by atoms with Crippen molar-refractivity contribution in [1.82, 2.24) is 15.3 Å². The molecule has 2 heterocycles. The zero-order valence-corrected chi connectivity index (χ0v) is 11.0. The van der Waals surface area contributed by atoms with E-state index in [0.717, 1.165) is 5.69 Å². The average molecular weight is 260 g/mol. The molecule has 0 spiro atoms. The molecule has 0 saturated carbocycles. The number of carbonyl (C=O) groups is 2. The number of aromatic nitrogens is 1. The van der Waals surface area contributed by atoms with E-state index >= 15 is 0 Å². The molecule has 2 rings (SSSR count). The minimum atomic E-state index is -0.252. The van der Waals surface area contributed by atoms with Gasteiger partial charge in [0.15, 0.2) is 0 Å². The van der Waals surface area contributed by atoms with Gasteiger partial charge in [-0.05, 0) is 19.1 Å². The molecular formula is C13H16N4O2. The Morgan fingerprint density at radius 3 is 2.84 bits per heavy atom. The van der Waals surface area contributed by atoms with Crippen molar-refractivity contribution >= 4 is 17.5 Å². The predicted octanol–water partition coefficient (Wildman–Crippen LogP) is 0.867. The summed E-state index contributed by atoms with van der Waals surface area (Å²) in [6.07, 6.45) is 2.38. The summed E-state index contributed by atoms with van der Waals surface area (Å²) in [5.74, 6) is -0.327. The van der Waals surface area contributed by atoms with Gasteiger partial charge in [0.2, 0.25) is 5.91 Å². The number of nitrogens with one attached hydrogen (secondary N) is 1. The van der Waals surface area contributed by atoms with E-state index in [4.69, 9.17) is 0 Å². The molecule has 6 nitrogen and oxygen atoms in total. The molecule has 0 unspecified atom stereocenters. The lowest BCUT2D eigenvalue weighted by atomic mass is 10.1. The van der Waals surface area contributed by atoms with Gasteiger partial charge >= 0.3 is 0 Å². The van der Waals surface area contributed by atoms with Crippen LogP contribution >= 0.6 is 0 Å². The Kier molecular flexibility index (Phi) is 3.89. The quantitative estimate of drug-likeness (QED) is 0.876. The van der Waals surface area contributed by atoms with Gasteiger partial charge in [0.1, 0.15) is 5.71 Å². The van der Waals surface area contributed by atoms with Crippen molar-refractivity contribution in [3.05, 3.63) is 30.1 Å². The highest BCUT2D eigenvalue weighted by molar-refractivity contribution is 6.39. The molecule has 0 fully saturated rings. The first-order valence-corrected chi connectivity index (χ1v) is 6.13. The Bertz CT molecular complexity index is 513. The van der Waals surface area contributed by atoms with Crippen molar-refractivity contribution in [3.8, 4) is 0 Å². The van der Waals surface area contributed by atoms with Crippen LogP contribution in [-0.2, 0) is 9.59 Å². The van der Waals surface area contributed by atoms with Crippen LogP contribution in [0, 0.1) is 0 Å². The molecule has 1 N–H and O–H groups in total. The third-order valence-corrected chi connectivity index (χ3v) is 2.95. The minimum Gasteiger partial charge on any atom is -0.343 e. The van der Waals surface area contributed by atoms with E-state index in [0.29, 0.717) is 18.6 Å². The van der Waals surface area contributed by atoms with Gasteiger partial charge in [-0.2, -0.15) is 5.10 Å². The lowest BCUT2D eigenvalue weighted by molar-refractivity contribution is -0.130. The fraction of sp³-hybridized carbons (Fsp3) is 0.385. The van der Waals surface area contributed by atoms with E-state index in [1.807, 2.05) is 25.1 Å². The Balaban J connectivity index is 2.02. The predicted molar refractivity (Wildman–Crippen MR) is 70.2 cm³/mol. The van der Waals surface area contributed by atoms with E-state index in [1.54, 1.807) is 13.2 Å². The molecule has 1 aliphatic heterocycles. The third kappa shape index (κ3) is 3.15.